The van der Waals surface area contributed by atoms with Gasteiger partial charge in [-0.3, -0.25) is 14.8 Å². The molecule has 0 atom stereocenters. The van der Waals surface area contributed by atoms with Crippen LogP contribution in [0.3, 0.4) is 0 Å². The lowest BCUT2D eigenvalue weighted by molar-refractivity contribution is -0.115. The number of anilines is 1. The van der Waals surface area contributed by atoms with Gasteiger partial charge in [0.15, 0.2) is 0 Å². The fourth-order valence-corrected chi connectivity index (χ4v) is 4.15. The van der Waals surface area contributed by atoms with Gasteiger partial charge in [0.1, 0.15) is 12.4 Å². The Balaban J connectivity index is 1.59. The van der Waals surface area contributed by atoms with Gasteiger partial charge >= 0.3 is 0 Å². The lowest BCUT2D eigenvalue weighted by Crippen LogP contribution is -2.41. The minimum atomic E-state index is -0.0590. The number of aromatic nitrogens is 1. The third kappa shape index (κ3) is 4.65. The number of nitrogens with zero attached hydrogens (tertiary/aromatic N) is 3. The van der Waals surface area contributed by atoms with E-state index in [1.807, 2.05) is 32.6 Å². The molecule has 6 nitrogen and oxygen atoms in total. The van der Waals surface area contributed by atoms with Gasteiger partial charge in [-0.25, -0.2) is 0 Å². The van der Waals surface area contributed by atoms with Gasteiger partial charge in [0.05, 0.1) is 0 Å². The van der Waals surface area contributed by atoms with E-state index in [0.29, 0.717) is 12.4 Å². The van der Waals surface area contributed by atoms with E-state index in [1.165, 1.54) is 19.3 Å². The van der Waals surface area contributed by atoms with Crippen LogP contribution in [0.5, 0.6) is 0 Å². The fourth-order valence-electron chi connectivity index (χ4n) is 4.15. The zero-order valence-corrected chi connectivity index (χ0v) is 17.2. The third-order valence-electron chi connectivity index (χ3n) is 5.56. The van der Waals surface area contributed by atoms with Gasteiger partial charge < -0.3 is 15.5 Å². The van der Waals surface area contributed by atoms with Gasteiger partial charge in [0.2, 0.25) is 0 Å². The molecule has 152 valence electrons. The normalized spacial score (nSPS) is 16.7. The Hall–Kier alpha value is -2.73. The van der Waals surface area contributed by atoms with Crippen molar-refractivity contribution in [3.8, 4) is 11.1 Å². The van der Waals surface area contributed by atoms with Gasteiger partial charge in [-0.15, -0.1) is 0 Å². The van der Waals surface area contributed by atoms with Crippen molar-refractivity contribution in [1.82, 2.24) is 15.2 Å². The lowest BCUT2D eigenvalue weighted by Gasteiger charge is -2.25. The Kier molecular flexibility index (Phi) is 5.90. The molecule has 1 aliphatic heterocycles. The summed E-state index contributed by atoms with van der Waals surface area (Å²) in [6, 6.07) is 8.59. The molecule has 1 aliphatic carbocycles. The molecule has 1 aromatic carbocycles. The van der Waals surface area contributed by atoms with E-state index >= 15 is 0 Å². The molecule has 0 spiro atoms. The number of benzene rings is 1. The summed E-state index contributed by atoms with van der Waals surface area (Å²) in [5.74, 6) is -0.0590. The highest BCUT2D eigenvalue weighted by Crippen LogP contribution is 2.28. The molecule has 6 heteroatoms. The number of nitrogens with one attached hydrogen (secondary N) is 2. The van der Waals surface area contributed by atoms with Gasteiger partial charge in [-0.05, 0) is 56.3 Å². The maximum absolute atomic E-state index is 13.0. The van der Waals surface area contributed by atoms with E-state index < -0.39 is 0 Å². The van der Waals surface area contributed by atoms with Crippen LogP contribution in [-0.2, 0) is 11.3 Å². The van der Waals surface area contributed by atoms with Crippen molar-refractivity contribution >= 4 is 17.3 Å². The van der Waals surface area contributed by atoms with E-state index in [0.717, 1.165) is 47.3 Å². The van der Waals surface area contributed by atoms with E-state index in [1.54, 1.807) is 0 Å². The van der Waals surface area contributed by atoms with Gasteiger partial charge in [0, 0.05) is 41.8 Å². The molecule has 1 aromatic heterocycles. The maximum atomic E-state index is 13.0. The van der Waals surface area contributed by atoms with Crippen LogP contribution in [0.1, 0.15) is 43.2 Å². The van der Waals surface area contributed by atoms with Crippen LogP contribution in [-0.4, -0.2) is 48.3 Å². The number of rotatable bonds is 5. The summed E-state index contributed by atoms with van der Waals surface area (Å²) in [5.41, 5.74) is 5.59. The standard InChI is InChI=1S/C23H29N5O/c1-28(2)14-16-10-18(13-24-12-16)17-8-9-21-20(11-17)22(26-15-25-21)23(29)27-19-6-4-3-5-7-19/h8-13,19,25H,3-7,14-15H2,1-2H3,(H,27,29). The number of fused-ring (bicyclic) bond motifs is 1. The number of hydrogen-bond donors (Lipinski definition) is 2. The molecule has 0 unspecified atom stereocenters. The molecular formula is C23H29N5O. The van der Waals surface area contributed by atoms with Crippen molar-refractivity contribution in [3.63, 3.8) is 0 Å². The van der Waals surface area contributed by atoms with Gasteiger partial charge in [-0.1, -0.05) is 25.3 Å². The molecule has 0 saturated heterocycles. The third-order valence-corrected chi connectivity index (χ3v) is 5.56. The first-order valence-electron chi connectivity index (χ1n) is 10.4. The van der Waals surface area contributed by atoms with Crippen LogP contribution in [0.4, 0.5) is 5.69 Å². The Morgan fingerprint density at radius 2 is 1.97 bits per heavy atom. The predicted octanol–water partition coefficient (Wildman–Crippen LogP) is 3.43. The topological polar surface area (TPSA) is 69.6 Å². The van der Waals surface area contributed by atoms with Crippen molar-refractivity contribution in [3.05, 3.63) is 47.8 Å². The summed E-state index contributed by atoms with van der Waals surface area (Å²) in [7, 11) is 4.09. The Morgan fingerprint density at radius 3 is 2.76 bits per heavy atom. The first kappa shape index (κ1) is 19.6. The molecule has 0 radical (unpaired) electrons. The summed E-state index contributed by atoms with van der Waals surface area (Å²) in [6.45, 7) is 1.27. The van der Waals surface area contributed by atoms with Gasteiger partial charge in [0.25, 0.3) is 5.91 Å². The zero-order valence-electron chi connectivity index (χ0n) is 17.2. The van der Waals surface area contributed by atoms with Gasteiger partial charge in [-0.2, -0.15) is 0 Å². The fraction of sp³-hybridized carbons (Fsp3) is 0.435. The summed E-state index contributed by atoms with van der Waals surface area (Å²) >= 11 is 0. The van der Waals surface area contributed by atoms with Crippen LogP contribution in [0.15, 0.2) is 41.7 Å². The first-order chi connectivity index (χ1) is 14.1. The second kappa shape index (κ2) is 8.74. The smallest absolute Gasteiger partial charge is 0.270 e. The highest BCUT2D eigenvalue weighted by molar-refractivity contribution is 6.47. The second-order valence-electron chi connectivity index (χ2n) is 8.23. The minimum absolute atomic E-state index is 0.0590. The molecule has 29 heavy (non-hydrogen) atoms. The Labute approximate surface area is 172 Å². The van der Waals surface area contributed by atoms with Crippen LogP contribution in [0, 0.1) is 0 Å². The molecular weight excluding hydrogens is 362 g/mol. The van der Waals surface area contributed by atoms with E-state index in [-0.39, 0.29) is 11.9 Å². The van der Waals surface area contributed by atoms with Crippen LogP contribution < -0.4 is 10.6 Å². The molecule has 0 bridgehead atoms. The lowest BCUT2D eigenvalue weighted by atomic mass is 9.94. The Morgan fingerprint density at radius 1 is 1.14 bits per heavy atom. The zero-order chi connectivity index (χ0) is 20.2. The highest BCUT2D eigenvalue weighted by Gasteiger charge is 2.24. The first-order valence-corrected chi connectivity index (χ1v) is 10.4. The van der Waals surface area contributed by atoms with E-state index in [2.05, 4.69) is 43.7 Å². The molecule has 2 aliphatic rings. The SMILES string of the molecule is CN(C)Cc1cncc(-c2ccc3c(c2)C(C(=O)NC2CCCCC2)=NCN3)c1. The number of amides is 1. The molecule has 2 N–H and O–H groups in total. The summed E-state index contributed by atoms with van der Waals surface area (Å²) in [6.07, 6.45) is 9.55. The minimum Gasteiger partial charge on any atom is -0.366 e. The maximum Gasteiger partial charge on any atom is 0.270 e. The van der Waals surface area contributed by atoms with Crippen molar-refractivity contribution < 1.29 is 4.79 Å². The number of carbonyl (C=O) groups is 1. The molecule has 1 fully saturated rings. The van der Waals surface area contributed by atoms with Crippen LogP contribution >= 0.6 is 0 Å². The molecule has 2 heterocycles. The van der Waals surface area contributed by atoms with Crippen molar-refractivity contribution in [2.75, 3.05) is 26.1 Å². The van der Waals surface area contributed by atoms with Crippen LogP contribution in [0.2, 0.25) is 0 Å². The number of aliphatic imine (C=N–C) groups is 1. The average molecular weight is 392 g/mol. The predicted molar refractivity (Wildman–Crippen MR) is 117 cm³/mol. The Bertz CT molecular complexity index is 915. The summed E-state index contributed by atoms with van der Waals surface area (Å²) in [4.78, 5) is 24.0. The molecule has 4 rings (SSSR count). The van der Waals surface area contributed by atoms with E-state index in [9.17, 15) is 4.79 Å². The number of pyridine rings is 1. The summed E-state index contributed by atoms with van der Waals surface area (Å²) in [5, 5.41) is 6.48. The molecule has 2 aromatic rings. The number of hydrogen-bond acceptors (Lipinski definition) is 5. The van der Waals surface area contributed by atoms with E-state index in [4.69, 9.17) is 0 Å². The van der Waals surface area contributed by atoms with Crippen molar-refractivity contribution in [2.45, 2.75) is 44.7 Å². The second-order valence-corrected chi connectivity index (χ2v) is 8.23. The molecule has 1 saturated carbocycles. The largest absolute Gasteiger partial charge is 0.366 e. The quantitative estimate of drug-likeness (QED) is 0.819. The van der Waals surface area contributed by atoms with Crippen molar-refractivity contribution in [2.24, 2.45) is 4.99 Å². The number of carbonyl (C=O) groups excluding carboxylic acids is 1. The summed E-state index contributed by atoms with van der Waals surface area (Å²) < 4.78 is 0. The molecule has 1 amide bonds. The van der Waals surface area contributed by atoms with Crippen LogP contribution in [0.25, 0.3) is 11.1 Å². The van der Waals surface area contributed by atoms with Crippen molar-refractivity contribution in [1.29, 1.82) is 0 Å². The monoisotopic (exact) mass is 391 g/mol. The highest BCUT2D eigenvalue weighted by atomic mass is 16.2. The average Bonchev–Trinajstić information content (AvgIpc) is 2.73.